The molecule has 15 rings (SSSR count). The molecule has 2 aromatic heterocycles. The standard InChI is InChI=1S/C73H62O2/c1-69(2,3)44-28-24-40(25-29-44)34-43(42-27-31-45-50-38-57-51(39-56(50)71(6,7)55(45)37-42)61-53(70(57,4)5)32-33-60-62(61)48-19-13-16-22-58(48)74-60)35-41-26-30-47-54(36-41)73(10,11)67-65(47)68-64(49-20-14-17-23-59(49)75-68)63-46-18-12-15-21-52(46)72(8,9)66(63)67/h12-34,36-39H,35H2,1-11H3/b43-34-. The molecular formula is C73H62O2. The van der Waals surface area contributed by atoms with Crippen LogP contribution >= 0.6 is 0 Å². The zero-order valence-corrected chi connectivity index (χ0v) is 45.1. The van der Waals surface area contributed by atoms with Crippen molar-refractivity contribution in [1.29, 1.82) is 0 Å². The maximum absolute atomic E-state index is 7.04. The average molecular weight is 971 g/mol. The molecule has 2 nitrogen and oxygen atoms in total. The van der Waals surface area contributed by atoms with Gasteiger partial charge in [-0.1, -0.05) is 204 Å². The van der Waals surface area contributed by atoms with E-state index in [1.54, 1.807) is 0 Å². The van der Waals surface area contributed by atoms with E-state index < -0.39 is 0 Å². The van der Waals surface area contributed by atoms with E-state index in [1.807, 2.05) is 0 Å². The van der Waals surface area contributed by atoms with Gasteiger partial charge in [-0.3, -0.25) is 0 Å². The molecule has 4 aliphatic carbocycles. The lowest BCUT2D eigenvalue weighted by molar-refractivity contribution is 0.590. The van der Waals surface area contributed by atoms with E-state index in [2.05, 4.69) is 240 Å². The van der Waals surface area contributed by atoms with Gasteiger partial charge in [0, 0.05) is 48.8 Å². The van der Waals surface area contributed by atoms with Crippen LogP contribution in [0.25, 0.3) is 100 Å². The van der Waals surface area contributed by atoms with E-state index in [9.17, 15) is 0 Å². The van der Waals surface area contributed by atoms with E-state index in [1.165, 1.54) is 138 Å². The lowest BCUT2D eigenvalue weighted by Crippen LogP contribution is -2.24. The number of benzene rings is 9. The minimum absolute atomic E-state index is 0.0718. The van der Waals surface area contributed by atoms with Crippen LogP contribution in [-0.2, 0) is 33.5 Å². The van der Waals surface area contributed by atoms with Gasteiger partial charge >= 0.3 is 0 Å². The second kappa shape index (κ2) is 14.6. The van der Waals surface area contributed by atoms with E-state index >= 15 is 0 Å². The highest BCUT2D eigenvalue weighted by Crippen LogP contribution is 2.64. The quantitative estimate of drug-likeness (QED) is 0.164. The summed E-state index contributed by atoms with van der Waals surface area (Å²) >= 11 is 0. The van der Waals surface area contributed by atoms with Gasteiger partial charge in [-0.2, -0.15) is 0 Å². The molecule has 0 radical (unpaired) electrons. The van der Waals surface area contributed by atoms with E-state index in [0.29, 0.717) is 0 Å². The summed E-state index contributed by atoms with van der Waals surface area (Å²) < 4.78 is 13.5. The Morgan fingerprint density at radius 1 is 0.427 bits per heavy atom. The Morgan fingerprint density at radius 2 is 1.01 bits per heavy atom. The number of para-hydroxylation sites is 2. The molecular weight excluding hydrogens is 909 g/mol. The predicted octanol–water partition coefficient (Wildman–Crippen LogP) is 19.8. The Balaban J connectivity index is 0.872. The fourth-order valence-electron chi connectivity index (χ4n) is 14.9. The van der Waals surface area contributed by atoms with Crippen molar-refractivity contribution in [3.63, 3.8) is 0 Å². The molecule has 11 aromatic rings. The zero-order valence-electron chi connectivity index (χ0n) is 45.1. The molecule has 2 heteroatoms. The van der Waals surface area contributed by atoms with Crippen molar-refractivity contribution < 1.29 is 8.83 Å². The number of hydrogen-bond donors (Lipinski definition) is 0. The lowest BCUT2D eigenvalue weighted by atomic mass is 9.72. The van der Waals surface area contributed by atoms with Gasteiger partial charge in [-0.25, -0.2) is 0 Å². The fourth-order valence-corrected chi connectivity index (χ4v) is 14.9. The van der Waals surface area contributed by atoms with Gasteiger partial charge in [0.1, 0.15) is 22.3 Å². The summed E-state index contributed by atoms with van der Waals surface area (Å²) in [5.74, 6) is 0. The van der Waals surface area contributed by atoms with Gasteiger partial charge < -0.3 is 8.83 Å². The highest BCUT2D eigenvalue weighted by Gasteiger charge is 2.49. The normalized spacial score (nSPS) is 16.8. The lowest BCUT2D eigenvalue weighted by Gasteiger charge is -2.31. The average Bonchev–Trinajstić information content (AvgIpc) is 4.34. The van der Waals surface area contributed by atoms with Crippen LogP contribution in [0.4, 0.5) is 0 Å². The Bertz CT molecular complexity index is 4390. The molecule has 0 spiro atoms. The third kappa shape index (κ3) is 5.86. The van der Waals surface area contributed by atoms with Crippen molar-refractivity contribution in [3.05, 3.63) is 224 Å². The molecule has 75 heavy (non-hydrogen) atoms. The first-order valence-corrected chi connectivity index (χ1v) is 27.2. The highest BCUT2D eigenvalue weighted by atomic mass is 16.3. The van der Waals surface area contributed by atoms with Crippen LogP contribution in [0.2, 0.25) is 0 Å². The van der Waals surface area contributed by atoms with Crippen molar-refractivity contribution in [2.24, 2.45) is 0 Å². The molecule has 366 valence electrons. The van der Waals surface area contributed by atoms with Crippen LogP contribution in [0.5, 0.6) is 0 Å². The molecule has 9 aromatic carbocycles. The molecule has 0 aliphatic heterocycles. The van der Waals surface area contributed by atoms with Crippen molar-refractivity contribution in [2.45, 2.75) is 110 Å². The number of fused-ring (bicyclic) bond motifs is 22. The number of hydrogen-bond acceptors (Lipinski definition) is 2. The molecule has 0 bridgehead atoms. The summed E-state index contributed by atoms with van der Waals surface area (Å²) in [4.78, 5) is 0. The molecule has 0 saturated carbocycles. The summed E-state index contributed by atoms with van der Waals surface area (Å²) in [5, 5.41) is 4.86. The van der Waals surface area contributed by atoms with Crippen molar-refractivity contribution in [3.8, 4) is 44.5 Å². The summed E-state index contributed by atoms with van der Waals surface area (Å²) in [6.07, 6.45) is 3.24. The van der Waals surface area contributed by atoms with Crippen LogP contribution in [0.15, 0.2) is 167 Å². The summed E-state index contributed by atoms with van der Waals surface area (Å²) in [6, 6.07) is 59.8. The van der Waals surface area contributed by atoms with Gasteiger partial charge in [0.2, 0.25) is 0 Å². The summed E-state index contributed by atoms with van der Waals surface area (Å²) in [5.41, 5.74) is 31.3. The second-order valence-electron chi connectivity index (χ2n) is 25.6. The molecule has 0 unspecified atom stereocenters. The van der Waals surface area contributed by atoms with Gasteiger partial charge in [0.05, 0.1) is 0 Å². The van der Waals surface area contributed by atoms with Crippen molar-refractivity contribution in [2.75, 3.05) is 0 Å². The van der Waals surface area contributed by atoms with E-state index in [-0.39, 0.29) is 27.1 Å². The maximum atomic E-state index is 7.04. The molecule has 0 N–H and O–H groups in total. The van der Waals surface area contributed by atoms with E-state index in [0.717, 1.165) is 28.8 Å². The SMILES string of the molecule is CC(C)(C)c1ccc(/C=C(/Cc2ccc3c(c2)C(C)(C)c2c4c(c5c(oc6ccccc65)c2-3)-c2ccccc2C4(C)C)c2ccc3c(c2)C(C)(C)c2cc4c(cc2-3)C(C)(C)c2ccc3oc5ccccc5c3c2-4)cc1. The first kappa shape index (κ1) is 44.8. The number of rotatable bonds is 4. The fraction of sp³-hybridized carbons (Fsp3) is 0.233. The minimum Gasteiger partial charge on any atom is -0.456 e. The monoisotopic (exact) mass is 970 g/mol. The predicted molar refractivity (Wildman–Crippen MR) is 314 cm³/mol. The second-order valence-corrected chi connectivity index (χ2v) is 25.6. The summed E-state index contributed by atoms with van der Waals surface area (Å²) in [6.45, 7) is 26.3. The van der Waals surface area contributed by atoms with Crippen LogP contribution in [0.3, 0.4) is 0 Å². The highest BCUT2D eigenvalue weighted by molar-refractivity contribution is 6.21. The van der Waals surface area contributed by atoms with Gasteiger partial charge in [0.25, 0.3) is 0 Å². The minimum atomic E-state index is -0.279. The van der Waals surface area contributed by atoms with Crippen LogP contribution in [0.1, 0.15) is 143 Å². The zero-order chi connectivity index (χ0) is 51.5. The van der Waals surface area contributed by atoms with Gasteiger partial charge in [-0.15, -0.1) is 0 Å². The Labute approximate surface area is 440 Å². The maximum Gasteiger partial charge on any atom is 0.144 e. The molecule has 0 fully saturated rings. The Morgan fingerprint density at radius 3 is 1.77 bits per heavy atom. The number of furan rings is 2. The topological polar surface area (TPSA) is 26.3 Å². The molecule has 2 heterocycles. The van der Waals surface area contributed by atoms with Crippen LogP contribution in [-0.4, -0.2) is 0 Å². The third-order valence-corrected chi connectivity index (χ3v) is 18.8. The Hall–Kier alpha value is -7.68. The third-order valence-electron chi connectivity index (χ3n) is 18.8. The first-order chi connectivity index (χ1) is 35.8. The molecule has 0 saturated heterocycles. The Kier molecular flexibility index (Phi) is 8.70. The van der Waals surface area contributed by atoms with Gasteiger partial charge in [-0.05, 0) is 160 Å². The smallest absolute Gasteiger partial charge is 0.144 e. The van der Waals surface area contributed by atoms with Crippen molar-refractivity contribution >= 4 is 55.5 Å². The van der Waals surface area contributed by atoms with Crippen molar-refractivity contribution in [1.82, 2.24) is 0 Å². The van der Waals surface area contributed by atoms with Crippen LogP contribution < -0.4 is 0 Å². The molecule has 0 atom stereocenters. The summed E-state index contributed by atoms with van der Waals surface area (Å²) in [7, 11) is 0. The van der Waals surface area contributed by atoms with Gasteiger partial charge in [0.15, 0.2) is 0 Å². The molecule has 0 amide bonds. The van der Waals surface area contributed by atoms with E-state index in [4.69, 9.17) is 8.83 Å². The molecule has 4 aliphatic rings. The first-order valence-electron chi connectivity index (χ1n) is 27.2. The number of allylic oxidation sites excluding steroid dienone is 1. The van der Waals surface area contributed by atoms with Crippen LogP contribution in [0, 0.1) is 0 Å². The largest absolute Gasteiger partial charge is 0.456 e.